The van der Waals surface area contributed by atoms with Crippen molar-refractivity contribution in [2.75, 3.05) is 5.43 Å². The van der Waals surface area contributed by atoms with E-state index in [-0.39, 0.29) is 27.8 Å². The lowest BCUT2D eigenvalue weighted by atomic mass is 10.3. The molecule has 0 fully saturated rings. The summed E-state index contributed by atoms with van der Waals surface area (Å²) < 4.78 is 1.40. The number of H-pyrrole nitrogens is 1. The number of fused-ring (bicyclic) bond motifs is 1. The van der Waals surface area contributed by atoms with Crippen molar-refractivity contribution in [3.05, 3.63) is 67.1 Å². The van der Waals surface area contributed by atoms with Gasteiger partial charge < -0.3 is 0 Å². The van der Waals surface area contributed by atoms with E-state index in [4.69, 9.17) is 11.6 Å². The van der Waals surface area contributed by atoms with Crippen LogP contribution in [0.3, 0.4) is 0 Å². The molecule has 0 aromatic carbocycles. The first kappa shape index (κ1) is 15.9. The van der Waals surface area contributed by atoms with Crippen LogP contribution in [0.25, 0.3) is 5.65 Å². The van der Waals surface area contributed by atoms with Crippen molar-refractivity contribution in [3.63, 3.8) is 0 Å². The lowest BCUT2D eigenvalue weighted by Crippen LogP contribution is -2.20. The van der Waals surface area contributed by atoms with Gasteiger partial charge in [-0.05, 0) is 25.5 Å². The van der Waals surface area contributed by atoms with E-state index in [1.165, 1.54) is 16.7 Å². The maximum atomic E-state index is 12.5. The third-order valence-electron chi connectivity index (χ3n) is 3.19. The summed E-state index contributed by atoms with van der Waals surface area (Å²) in [5, 5.41) is 3.94. The van der Waals surface area contributed by atoms with Crippen LogP contribution in [0.15, 0.2) is 39.1 Å². The van der Waals surface area contributed by atoms with Crippen molar-refractivity contribution in [1.82, 2.24) is 19.4 Å². The Kier molecular flexibility index (Phi) is 4.13. The molecule has 24 heavy (non-hydrogen) atoms. The lowest BCUT2D eigenvalue weighted by molar-refractivity contribution is 1.02. The number of halogens is 1. The molecule has 0 radical (unpaired) electrons. The van der Waals surface area contributed by atoms with E-state index < -0.39 is 0 Å². The molecule has 0 saturated heterocycles. The Morgan fingerprint density at radius 3 is 2.83 bits per heavy atom. The van der Waals surface area contributed by atoms with E-state index in [0.717, 1.165) is 5.56 Å². The van der Waals surface area contributed by atoms with E-state index in [1.54, 1.807) is 19.2 Å². The number of nitrogens with zero attached hydrogens (tertiary/aromatic N) is 4. The fourth-order valence-electron chi connectivity index (χ4n) is 2.13. The van der Waals surface area contributed by atoms with Crippen LogP contribution in [-0.4, -0.2) is 25.6 Å². The van der Waals surface area contributed by atoms with Gasteiger partial charge in [0, 0.05) is 18.0 Å². The van der Waals surface area contributed by atoms with E-state index >= 15 is 0 Å². The summed E-state index contributed by atoms with van der Waals surface area (Å²) in [5.41, 5.74) is 3.94. The molecule has 0 unspecified atom stereocenters. The zero-order valence-corrected chi connectivity index (χ0v) is 13.6. The Morgan fingerprint density at radius 2 is 2.08 bits per heavy atom. The number of anilines is 1. The summed E-state index contributed by atoms with van der Waals surface area (Å²) in [6.45, 7) is 3.55. The van der Waals surface area contributed by atoms with Crippen LogP contribution in [0, 0.1) is 13.8 Å². The Bertz CT molecular complexity index is 1070. The molecule has 0 aliphatic heterocycles. The summed E-state index contributed by atoms with van der Waals surface area (Å²) in [6.07, 6.45) is 2.92. The van der Waals surface area contributed by atoms with Crippen LogP contribution in [-0.2, 0) is 0 Å². The number of pyridine rings is 1. The predicted octanol–water partition coefficient (Wildman–Crippen LogP) is 1.49. The van der Waals surface area contributed by atoms with Crippen molar-refractivity contribution >= 4 is 29.4 Å². The van der Waals surface area contributed by atoms with E-state index in [2.05, 4.69) is 25.5 Å². The van der Waals surface area contributed by atoms with Gasteiger partial charge in [-0.3, -0.25) is 19.0 Å². The van der Waals surface area contributed by atoms with Gasteiger partial charge in [0.05, 0.1) is 11.8 Å². The first-order chi connectivity index (χ1) is 11.4. The number of aryl methyl sites for hydroxylation is 2. The fourth-order valence-corrected chi connectivity index (χ4v) is 2.35. The Balaban J connectivity index is 1.97. The molecule has 8 nitrogen and oxygen atoms in total. The molecule has 3 aromatic heterocycles. The third kappa shape index (κ3) is 3.18. The number of rotatable bonds is 3. The second-order valence-corrected chi connectivity index (χ2v) is 5.52. The molecular formula is C15H13ClN6O2. The van der Waals surface area contributed by atoms with Crippen LogP contribution in [0.2, 0.25) is 5.15 Å². The summed E-state index contributed by atoms with van der Waals surface area (Å²) in [4.78, 5) is 34.6. The molecule has 0 amide bonds. The molecule has 0 spiro atoms. The van der Waals surface area contributed by atoms with Crippen molar-refractivity contribution in [3.8, 4) is 0 Å². The number of hydrogen-bond donors (Lipinski definition) is 2. The van der Waals surface area contributed by atoms with Gasteiger partial charge in [-0.25, -0.2) is 15.4 Å². The van der Waals surface area contributed by atoms with Crippen LogP contribution in [0.1, 0.15) is 16.8 Å². The first-order valence-corrected chi connectivity index (χ1v) is 7.37. The minimum atomic E-state index is -0.343. The van der Waals surface area contributed by atoms with Crippen LogP contribution in [0.5, 0.6) is 0 Å². The van der Waals surface area contributed by atoms with Crippen molar-refractivity contribution in [2.45, 2.75) is 13.8 Å². The molecule has 122 valence electrons. The molecule has 0 atom stereocenters. The maximum Gasteiger partial charge on any atom is 0.268 e. The van der Waals surface area contributed by atoms with E-state index in [0.29, 0.717) is 11.3 Å². The summed E-state index contributed by atoms with van der Waals surface area (Å²) in [7, 11) is 0. The van der Waals surface area contributed by atoms with E-state index in [9.17, 15) is 9.59 Å². The average Bonchev–Trinajstić information content (AvgIpc) is 2.50. The van der Waals surface area contributed by atoms with Crippen LogP contribution in [0.4, 0.5) is 5.95 Å². The Morgan fingerprint density at radius 1 is 1.29 bits per heavy atom. The van der Waals surface area contributed by atoms with Crippen molar-refractivity contribution in [2.24, 2.45) is 5.10 Å². The van der Waals surface area contributed by atoms with Gasteiger partial charge in [0.1, 0.15) is 10.8 Å². The van der Waals surface area contributed by atoms with Gasteiger partial charge in [0.15, 0.2) is 0 Å². The molecule has 2 N–H and O–H groups in total. The molecule has 3 aromatic rings. The smallest absolute Gasteiger partial charge is 0.268 e. The first-order valence-electron chi connectivity index (χ1n) is 6.99. The van der Waals surface area contributed by atoms with Crippen molar-refractivity contribution < 1.29 is 0 Å². The molecule has 0 bridgehead atoms. The predicted molar refractivity (Wildman–Crippen MR) is 92.0 cm³/mol. The summed E-state index contributed by atoms with van der Waals surface area (Å²) >= 11 is 6.06. The van der Waals surface area contributed by atoms with Gasteiger partial charge in [-0.15, -0.1) is 0 Å². The zero-order chi connectivity index (χ0) is 17.3. The minimum absolute atomic E-state index is 0.0418. The number of aromatic nitrogens is 4. The number of aromatic amines is 1. The largest absolute Gasteiger partial charge is 0.291 e. The van der Waals surface area contributed by atoms with E-state index in [1.807, 2.05) is 13.0 Å². The molecule has 0 aliphatic carbocycles. The third-order valence-corrected chi connectivity index (χ3v) is 3.48. The zero-order valence-electron chi connectivity index (χ0n) is 12.9. The van der Waals surface area contributed by atoms with Gasteiger partial charge in [-0.1, -0.05) is 17.7 Å². The monoisotopic (exact) mass is 344 g/mol. The highest BCUT2D eigenvalue weighted by atomic mass is 35.5. The van der Waals surface area contributed by atoms with Crippen molar-refractivity contribution in [1.29, 1.82) is 0 Å². The molecule has 9 heteroatoms. The highest BCUT2D eigenvalue weighted by Gasteiger charge is 2.09. The molecular weight excluding hydrogens is 332 g/mol. The second kappa shape index (κ2) is 6.25. The highest BCUT2D eigenvalue weighted by molar-refractivity contribution is 6.32. The fraction of sp³-hybridized carbons (Fsp3) is 0.133. The standard InChI is InChI=1S/C15H13ClN6O2/c1-8-3-4-11-19-13(16)10(14(24)22(11)7-8)6-17-21-15-18-9(2)5-12(23)20-15/h3-7H,1-2H3,(H2,18,20,21,23)/b17-6+. The Hall–Kier alpha value is -3.00. The molecule has 3 rings (SSSR count). The normalized spacial score (nSPS) is 11.3. The minimum Gasteiger partial charge on any atom is -0.291 e. The molecule has 3 heterocycles. The lowest BCUT2D eigenvalue weighted by Gasteiger charge is -2.04. The quantitative estimate of drug-likeness (QED) is 0.425. The second-order valence-electron chi connectivity index (χ2n) is 5.16. The van der Waals surface area contributed by atoms with Crippen LogP contribution < -0.4 is 16.5 Å². The van der Waals surface area contributed by atoms with Gasteiger partial charge in [0.2, 0.25) is 5.95 Å². The SMILES string of the molecule is Cc1ccc2nc(Cl)c(/C=N/Nc3nc(C)cc(=O)[nH]3)c(=O)n2c1. The molecule has 0 saturated carbocycles. The Labute approximate surface area is 140 Å². The van der Waals surface area contributed by atoms with Gasteiger partial charge >= 0.3 is 0 Å². The molecule has 0 aliphatic rings. The average molecular weight is 345 g/mol. The topological polar surface area (TPSA) is 105 Å². The van der Waals surface area contributed by atoms with Gasteiger partial charge in [0.25, 0.3) is 11.1 Å². The number of nitrogens with one attached hydrogen (secondary N) is 2. The van der Waals surface area contributed by atoms with Crippen LogP contribution >= 0.6 is 11.6 Å². The maximum absolute atomic E-state index is 12.5. The summed E-state index contributed by atoms with van der Waals surface area (Å²) in [6, 6.07) is 4.91. The van der Waals surface area contributed by atoms with Gasteiger partial charge in [-0.2, -0.15) is 5.10 Å². The highest BCUT2D eigenvalue weighted by Crippen LogP contribution is 2.10. The number of hydrazone groups is 1. The summed E-state index contributed by atoms with van der Waals surface area (Å²) in [5.74, 6) is 0.164. The number of hydrogen-bond acceptors (Lipinski definition) is 6.